The normalized spacial score (nSPS) is 25.1. The van der Waals surface area contributed by atoms with E-state index in [0.717, 1.165) is 37.3 Å². The fourth-order valence-electron chi connectivity index (χ4n) is 3.58. The summed E-state index contributed by atoms with van der Waals surface area (Å²) in [5.74, 6) is 1.51. The van der Waals surface area contributed by atoms with Gasteiger partial charge >= 0.3 is 0 Å². The lowest BCUT2D eigenvalue weighted by molar-refractivity contribution is 0.266. The number of hydrogen-bond acceptors (Lipinski definition) is 4. The highest BCUT2D eigenvalue weighted by molar-refractivity contribution is 5.57. The van der Waals surface area contributed by atoms with Gasteiger partial charge in [0.25, 0.3) is 0 Å². The van der Waals surface area contributed by atoms with Gasteiger partial charge in [-0.25, -0.2) is 4.98 Å². The van der Waals surface area contributed by atoms with Crippen LogP contribution in [0.3, 0.4) is 0 Å². The fourth-order valence-corrected chi connectivity index (χ4v) is 3.58. The molecule has 2 aliphatic rings. The molecular formula is C16H22N4. The van der Waals surface area contributed by atoms with E-state index in [4.69, 9.17) is 4.98 Å². The molecule has 1 aromatic rings. The summed E-state index contributed by atoms with van der Waals surface area (Å²) < 4.78 is 0. The molecule has 20 heavy (non-hydrogen) atoms. The highest BCUT2D eigenvalue weighted by atomic mass is 15.3. The number of anilines is 1. The molecule has 2 unspecified atom stereocenters. The summed E-state index contributed by atoms with van der Waals surface area (Å²) in [4.78, 5) is 9.40. The molecule has 2 heterocycles. The minimum Gasteiger partial charge on any atom is -0.354 e. The number of hydrogen-bond donors (Lipinski definition) is 0. The second-order valence-electron chi connectivity index (χ2n) is 6.34. The maximum atomic E-state index is 9.42. The predicted molar refractivity (Wildman–Crippen MR) is 79.8 cm³/mol. The molecule has 1 aromatic heterocycles. The van der Waals surface area contributed by atoms with Gasteiger partial charge in [-0.3, -0.25) is 0 Å². The first-order valence-corrected chi connectivity index (χ1v) is 7.44. The SMILES string of the molecule is CC1CN(c2nc3c(cc2C#N)CCC3)CC1N(C)C. The van der Waals surface area contributed by atoms with E-state index in [0.29, 0.717) is 12.0 Å². The third-order valence-corrected chi connectivity index (χ3v) is 4.69. The molecule has 0 radical (unpaired) electrons. The van der Waals surface area contributed by atoms with E-state index in [9.17, 15) is 5.26 Å². The van der Waals surface area contributed by atoms with Crippen molar-refractivity contribution in [2.24, 2.45) is 5.92 Å². The summed E-state index contributed by atoms with van der Waals surface area (Å²) in [6, 6.07) is 4.95. The molecule has 0 bridgehead atoms. The van der Waals surface area contributed by atoms with Crippen LogP contribution in [0.25, 0.3) is 0 Å². The lowest BCUT2D eigenvalue weighted by atomic mass is 10.1. The Morgan fingerprint density at radius 1 is 1.35 bits per heavy atom. The summed E-state index contributed by atoms with van der Waals surface area (Å²) in [5.41, 5.74) is 3.24. The van der Waals surface area contributed by atoms with E-state index in [1.807, 2.05) is 0 Å². The molecule has 2 atom stereocenters. The third-order valence-electron chi connectivity index (χ3n) is 4.69. The Hall–Kier alpha value is -1.60. The summed E-state index contributed by atoms with van der Waals surface area (Å²) >= 11 is 0. The van der Waals surface area contributed by atoms with E-state index in [-0.39, 0.29) is 0 Å². The third kappa shape index (κ3) is 2.16. The summed E-state index contributed by atoms with van der Waals surface area (Å²) in [6.45, 7) is 4.24. The van der Waals surface area contributed by atoms with Gasteiger partial charge in [0.05, 0.1) is 5.56 Å². The molecule has 106 valence electrons. The van der Waals surface area contributed by atoms with Crippen LogP contribution in [0, 0.1) is 17.2 Å². The first-order valence-electron chi connectivity index (χ1n) is 7.44. The summed E-state index contributed by atoms with van der Waals surface area (Å²) in [6.07, 6.45) is 3.32. The maximum Gasteiger partial charge on any atom is 0.146 e. The standard InChI is InChI=1S/C16H22N4/c1-11-9-20(10-15(11)19(2)3)16-13(8-17)7-12-5-4-6-14(12)18-16/h7,11,15H,4-6,9-10H2,1-3H3. The van der Waals surface area contributed by atoms with Gasteiger partial charge in [0.15, 0.2) is 0 Å². The second-order valence-corrected chi connectivity index (χ2v) is 6.34. The number of pyridine rings is 1. The average Bonchev–Trinajstić information content (AvgIpc) is 3.02. The molecule has 0 amide bonds. The molecule has 0 aromatic carbocycles. The van der Waals surface area contributed by atoms with E-state index in [1.165, 1.54) is 17.7 Å². The lowest BCUT2D eigenvalue weighted by Crippen LogP contribution is -2.34. The van der Waals surface area contributed by atoms with Gasteiger partial charge in [-0.2, -0.15) is 5.26 Å². The molecule has 1 aliphatic heterocycles. The number of nitriles is 1. The summed E-state index contributed by atoms with van der Waals surface area (Å²) in [5, 5.41) is 9.42. The van der Waals surface area contributed by atoms with Crippen LogP contribution in [0.4, 0.5) is 5.82 Å². The Morgan fingerprint density at radius 2 is 2.15 bits per heavy atom. The van der Waals surface area contributed by atoms with Crippen LogP contribution < -0.4 is 4.90 Å². The Labute approximate surface area is 121 Å². The van der Waals surface area contributed by atoms with E-state index < -0.39 is 0 Å². The zero-order valence-electron chi connectivity index (χ0n) is 12.6. The van der Waals surface area contributed by atoms with Crippen molar-refractivity contribution < 1.29 is 0 Å². The second kappa shape index (κ2) is 5.06. The Balaban J connectivity index is 1.93. The van der Waals surface area contributed by atoms with Crippen molar-refractivity contribution in [1.82, 2.24) is 9.88 Å². The van der Waals surface area contributed by atoms with Crippen molar-refractivity contribution in [3.63, 3.8) is 0 Å². The lowest BCUT2D eigenvalue weighted by Gasteiger charge is -2.23. The van der Waals surface area contributed by atoms with Gasteiger partial charge in [-0.05, 0) is 50.9 Å². The van der Waals surface area contributed by atoms with E-state index in [2.05, 4.69) is 43.0 Å². The largest absolute Gasteiger partial charge is 0.354 e. The summed E-state index contributed by atoms with van der Waals surface area (Å²) in [7, 11) is 4.26. The minimum absolute atomic E-state index is 0.539. The molecule has 1 aliphatic carbocycles. The van der Waals surface area contributed by atoms with Crippen LogP contribution in [0.2, 0.25) is 0 Å². The number of fused-ring (bicyclic) bond motifs is 1. The number of likely N-dealkylation sites (N-methyl/N-ethyl adjacent to an activating group) is 1. The van der Waals surface area contributed by atoms with Crippen LogP contribution in [0.5, 0.6) is 0 Å². The van der Waals surface area contributed by atoms with Crippen LogP contribution >= 0.6 is 0 Å². The van der Waals surface area contributed by atoms with Crippen molar-refractivity contribution in [3.8, 4) is 6.07 Å². The van der Waals surface area contributed by atoms with Crippen molar-refractivity contribution >= 4 is 5.82 Å². The molecule has 3 rings (SSSR count). The van der Waals surface area contributed by atoms with Gasteiger partial charge in [-0.15, -0.1) is 0 Å². The van der Waals surface area contributed by atoms with Crippen LogP contribution in [0.1, 0.15) is 30.2 Å². The first kappa shape index (κ1) is 13.4. The van der Waals surface area contributed by atoms with Crippen molar-refractivity contribution in [3.05, 3.63) is 22.9 Å². The number of nitrogens with zero attached hydrogens (tertiary/aromatic N) is 4. The monoisotopic (exact) mass is 270 g/mol. The zero-order valence-corrected chi connectivity index (χ0v) is 12.6. The molecule has 0 saturated carbocycles. The van der Waals surface area contributed by atoms with Gasteiger partial charge < -0.3 is 9.80 Å². The Bertz CT molecular complexity index is 558. The Morgan fingerprint density at radius 3 is 2.80 bits per heavy atom. The predicted octanol–water partition coefficient (Wildman–Crippen LogP) is 1.83. The van der Waals surface area contributed by atoms with Gasteiger partial charge in [-0.1, -0.05) is 6.92 Å². The van der Waals surface area contributed by atoms with E-state index >= 15 is 0 Å². The average molecular weight is 270 g/mol. The topological polar surface area (TPSA) is 43.2 Å². The zero-order chi connectivity index (χ0) is 14.3. The molecule has 4 heteroatoms. The smallest absolute Gasteiger partial charge is 0.146 e. The number of rotatable bonds is 2. The maximum absolute atomic E-state index is 9.42. The molecule has 0 N–H and O–H groups in total. The molecular weight excluding hydrogens is 248 g/mol. The van der Waals surface area contributed by atoms with Crippen molar-refractivity contribution in [1.29, 1.82) is 5.26 Å². The van der Waals surface area contributed by atoms with Gasteiger partial charge in [0.2, 0.25) is 0 Å². The highest BCUT2D eigenvalue weighted by Crippen LogP contribution is 2.31. The minimum atomic E-state index is 0.539. The van der Waals surface area contributed by atoms with Gasteiger partial charge in [0.1, 0.15) is 11.9 Å². The van der Waals surface area contributed by atoms with E-state index in [1.54, 1.807) is 0 Å². The molecule has 0 spiro atoms. The van der Waals surface area contributed by atoms with Crippen molar-refractivity contribution in [2.45, 2.75) is 32.2 Å². The molecule has 1 saturated heterocycles. The van der Waals surface area contributed by atoms with Crippen molar-refractivity contribution in [2.75, 3.05) is 32.1 Å². The first-order chi connectivity index (χ1) is 9.60. The van der Waals surface area contributed by atoms with Crippen LogP contribution in [-0.2, 0) is 12.8 Å². The molecule has 1 fully saturated rings. The fraction of sp³-hybridized carbons (Fsp3) is 0.625. The number of aromatic nitrogens is 1. The quantitative estimate of drug-likeness (QED) is 0.822. The van der Waals surface area contributed by atoms with Crippen LogP contribution in [0.15, 0.2) is 6.07 Å². The highest BCUT2D eigenvalue weighted by Gasteiger charge is 2.33. The van der Waals surface area contributed by atoms with Crippen LogP contribution in [-0.4, -0.2) is 43.1 Å². The van der Waals surface area contributed by atoms with Gasteiger partial charge in [0, 0.05) is 24.8 Å². The Kier molecular flexibility index (Phi) is 3.39. The molecule has 4 nitrogen and oxygen atoms in total. The number of aryl methyl sites for hydroxylation is 2.